The Morgan fingerprint density at radius 2 is 2.36 bits per heavy atom. The molecule has 1 N–H and O–H groups in total. The van der Waals surface area contributed by atoms with Gasteiger partial charge in [0.2, 0.25) is 5.91 Å². The number of hydrogen-bond donors (Lipinski definition) is 1. The number of aliphatic hydroxyl groups excluding tert-OH is 1. The molecule has 1 rings (SSSR count). The molecule has 4 nitrogen and oxygen atoms in total. The maximum atomic E-state index is 11.6. The lowest BCUT2D eigenvalue weighted by atomic mass is 10.2. The molecule has 0 unspecified atom stereocenters. The first-order chi connectivity index (χ1) is 6.69. The third kappa shape index (κ3) is 2.69. The fourth-order valence-corrected chi connectivity index (χ4v) is 1.78. The lowest BCUT2D eigenvalue weighted by Gasteiger charge is -2.24. The van der Waals surface area contributed by atoms with Gasteiger partial charge in [-0.2, -0.15) is 0 Å². The molecular weight excluding hydrogens is 180 g/mol. The minimum absolute atomic E-state index is 0.146. The van der Waals surface area contributed by atoms with Crippen LogP contribution in [0, 0.1) is 0 Å². The fourth-order valence-electron chi connectivity index (χ4n) is 1.78. The highest BCUT2D eigenvalue weighted by molar-refractivity contribution is 5.78. The summed E-state index contributed by atoms with van der Waals surface area (Å²) in [6.07, 6.45) is 2.11. The molecule has 0 bridgehead atoms. The first-order valence-corrected chi connectivity index (χ1v) is 5.28. The van der Waals surface area contributed by atoms with Gasteiger partial charge in [-0.1, -0.05) is 0 Å². The van der Waals surface area contributed by atoms with Crippen molar-refractivity contribution in [2.75, 3.05) is 33.3 Å². The fraction of sp³-hybridized carbons (Fsp3) is 0.900. The zero-order chi connectivity index (χ0) is 10.6. The number of hydrogen-bond acceptors (Lipinski definition) is 3. The van der Waals surface area contributed by atoms with Gasteiger partial charge >= 0.3 is 0 Å². The van der Waals surface area contributed by atoms with Gasteiger partial charge < -0.3 is 10.0 Å². The van der Waals surface area contributed by atoms with Gasteiger partial charge in [-0.05, 0) is 26.3 Å². The van der Waals surface area contributed by atoms with Crippen LogP contribution in [0.3, 0.4) is 0 Å². The van der Waals surface area contributed by atoms with Crippen LogP contribution < -0.4 is 0 Å². The van der Waals surface area contributed by atoms with Crippen LogP contribution >= 0.6 is 0 Å². The molecule has 0 aromatic carbocycles. The average Bonchev–Trinajstić information content (AvgIpc) is 2.63. The third-order valence-corrected chi connectivity index (χ3v) is 2.95. The van der Waals surface area contributed by atoms with Crippen molar-refractivity contribution in [3.63, 3.8) is 0 Å². The van der Waals surface area contributed by atoms with E-state index >= 15 is 0 Å². The second kappa shape index (κ2) is 5.32. The molecule has 0 aromatic rings. The van der Waals surface area contributed by atoms with Crippen LogP contribution in [0.2, 0.25) is 0 Å². The molecule has 1 amide bonds. The van der Waals surface area contributed by atoms with E-state index in [9.17, 15) is 4.79 Å². The van der Waals surface area contributed by atoms with Crippen LogP contribution in [0.1, 0.15) is 19.8 Å². The first-order valence-electron chi connectivity index (χ1n) is 5.28. The molecule has 0 spiro atoms. The summed E-state index contributed by atoms with van der Waals surface area (Å²) in [5.74, 6) is 0.146. The number of likely N-dealkylation sites (N-methyl/N-ethyl adjacent to an activating group) is 1. The number of likely N-dealkylation sites (tertiary alicyclic amines) is 1. The van der Waals surface area contributed by atoms with Gasteiger partial charge in [0.15, 0.2) is 0 Å². The highest BCUT2D eigenvalue weighted by atomic mass is 16.3. The van der Waals surface area contributed by atoms with Crippen molar-refractivity contribution in [3.05, 3.63) is 0 Å². The smallest absolute Gasteiger partial charge is 0.236 e. The first kappa shape index (κ1) is 11.5. The van der Waals surface area contributed by atoms with Crippen molar-refractivity contribution in [1.29, 1.82) is 0 Å². The molecule has 0 saturated carbocycles. The van der Waals surface area contributed by atoms with Gasteiger partial charge in [0.1, 0.15) is 0 Å². The van der Waals surface area contributed by atoms with Crippen LogP contribution in [0.25, 0.3) is 0 Å². The Hall–Kier alpha value is -0.610. The van der Waals surface area contributed by atoms with Crippen molar-refractivity contribution >= 4 is 5.91 Å². The molecule has 1 saturated heterocycles. The second-order valence-corrected chi connectivity index (χ2v) is 3.86. The highest BCUT2D eigenvalue weighted by Crippen LogP contribution is 2.16. The third-order valence-electron chi connectivity index (χ3n) is 2.95. The summed E-state index contributed by atoms with van der Waals surface area (Å²) in [5, 5.41) is 9.08. The number of amides is 1. The van der Waals surface area contributed by atoms with Crippen LogP contribution in [0.15, 0.2) is 0 Å². The Labute approximate surface area is 85.5 Å². The zero-order valence-electron chi connectivity index (χ0n) is 9.07. The Kier molecular flexibility index (Phi) is 4.35. The van der Waals surface area contributed by atoms with E-state index in [2.05, 4.69) is 4.90 Å². The minimum atomic E-state index is 0.146. The van der Waals surface area contributed by atoms with Crippen LogP contribution in [-0.4, -0.2) is 60.1 Å². The van der Waals surface area contributed by atoms with E-state index < -0.39 is 0 Å². The van der Waals surface area contributed by atoms with E-state index in [4.69, 9.17) is 5.11 Å². The lowest BCUT2D eigenvalue weighted by Crippen LogP contribution is -2.41. The summed E-state index contributed by atoms with van der Waals surface area (Å²) in [4.78, 5) is 15.4. The Bertz CT molecular complexity index is 197. The predicted molar refractivity (Wildman–Crippen MR) is 55.0 cm³/mol. The van der Waals surface area contributed by atoms with Gasteiger partial charge in [-0.3, -0.25) is 9.69 Å². The second-order valence-electron chi connectivity index (χ2n) is 3.86. The molecule has 4 heteroatoms. The van der Waals surface area contributed by atoms with E-state index in [-0.39, 0.29) is 18.6 Å². The minimum Gasteiger partial charge on any atom is -0.395 e. The van der Waals surface area contributed by atoms with E-state index in [1.165, 1.54) is 0 Å². The topological polar surface area (TPSA) is 43.8 Å². The lowest BCUT2D eigenvalue weighted by molar-refractivity contribution is -0.131. The Morgan fingerprint density at radius 3 is 2.93 bits per heavy atom. The van der Waals surface area contributed by atoms with Gasteiger partial charge in [0.25, 0.3) is 0 Å². The van der Waals surface area contributed by atoms with E-state index in [1.807, 2.05) is 14.0 Å². The van der Waals surface area contributed by atoms with Crippen LogP contribution in [-0.2, 0) is 4.79 Å². The van der Waals surface area contributed by atoms with Gasteiger partial charge in [-0.25, -0.2) is 0 Å². The zero-order valence-corrected chi connectivity index (χ0v) is 9.07. The molecule has 0 radical (unpaired) electrons. The summed E-state index contributed by atoms with van der Waals surface area (Å²) in [5.41, 5.74) is 0. The standard InChI is InChI=1S/C10H20N2O2/c1-3-11(2)10(14)7-12-6-4-5-9(12)8-13/h9,13H,3-8H2,1-2H3/t9-/m1/s1. The maximum absolute atomic E-state index is 11.6. The van der Waals surface area contributed by atoms with Crippen molar-refractivity contribution < 1.29 is 9.90 Å². The summed E-state index contributed by atoms with van der Waals surface area (Å²) in [6.45, 7) is 4.27. The molecule has 0 aliphatic carbocycles. The van der Waals surface area contributed by atoms with Crippen LogP contribution in [0.4, 0.5) is 0 Å². The summed E-state index contributed by atoms with van der Waals surface area (Å²) < 4.78 is 0. The number of nitrogens with zero attached hydrogens (tertiary/aromatic N) is 2. The molecule has 1 aliphatic rings. The summed E-state index contributed by atoms with van der Waals surface area (Å²) in [6, 6.07) is 0.198. The van der Waals surface area contributed by atoms with E-state index in [0.29, 0.717) is 6.54 Å². The predicted octanol–water partition coefficient (Wildman–Crippen LogP) is -0.0786. The van der Waals surface area contributed by atoms with Crippen LogP contribution in [0.5, 0.6) is 0 Å². The molecule has 1 heterocycles. The van der Waals surface area contributed by atoms with Gasteiger partial charge in [0.05, 0.1) is 13.2 Å². The van der Waals surface area contributed by atoms with Crippen molar-refractivity contribution in [2.24, 2.45) is 0 Å². The largest absolute Gasteiger partial charge is 0.395 e. The highest BCUT2D eigenvalue weighted by Gasteiger charge is 2.25. The molecule has 82 valence electrons. The monoisotopic (exact) mass is 200 g/mol. The number of rotatable bonds is 4. The normalized spacial score (nSPS) is 22.6. The Balaban J connectivity index is 2.39. The molecule has 1 fully saturated rings. The maximum Gasteiger partial charge on any atom is 0.236 e. The Morgan fingerprint density at radius 1 is 1.64 bits per heavy atom. The SMILES string of the molecule is CCN(C)C(=O)CN1CCC[C@@H]1CO. The molecule has 1 atom stereocenters. The number of carbonyl (C=O) groups excluding carboxylic acids is 1. The van der Waals surface area contributed by atoms with E-state index in [0.717, 1.165) is 25.9 Å². The summed E-state index contributed by atoms with van der Waals surface area (Å²) in [7, 11) is 1.81. The van der Waals surface area contributed by atoms with E-state index in [1.54, 1.807) is 4.90 Å². The van der Waals surface area contributed by atoms with Gasteiger partial charge in [0, 0.05) is 19.6 Å². The molecule has 1 aliphatic heterocycles. The molecule has 0 aromatic heterocycles. The summed E-state index contributed by atoms with van der Waals surface area (Å²) >= 11 is 0. The van der Waals surface area contributed by atoms with Crippen molar-refractivity contribution in [3.8, 4) is 0 Å². The number of aliphatic hydroxyl groups is 1. The quantitative estimate of drug-likeness (QED) is 0.690. The molecular formula is C10H20N2O2. The number of carbonyl (C=O) groups is 1. The van der Waals surface area contributed by atoms with Crippen molar-refractivity contribution in [2.45, 2.75) is 25.8 Å². The molecule has 14 heavy (non-hydrogen) atoms. The van der Waals surface area contributed by atoms with Gasteiger partial charge in [-0.15, -0.1) is 0 Å². The van der Waals surface area contributed by atoms with Crippen molar-refractivity contribution in [1.82, 2.24) is 9.80 Å². The average molecular weight is 200 g/mol.